The molecule has 4 rings (SSSR count). The van der Waals surface area contributed by atoms with Crippen LogP contribution in [0.4, 0.5) is 13.2 Å². The molecule has 2 saturated carbocycles. The van der Waals surface area contributed by atoms with Crippen LogP contribution in [0.5, 0.6) is 5.75 Å². The van der Waals surface area contributed by atoms with Crippen molar-refractivity contribution in [3.63, 3.8) is 0 Å². The third kappa shape index (κ3) is 4.75. The smallest absolute Gasteiger partial charge is 0.417 e. The van der Waals surface area contributed by atoms with Gasteiger partial charge in [0, 0.05) is 18.5 Å². The van der Waals surface area contributed by atoms with Crippen molar-refractivity contribution >= 4 is 29.0 Å². The summed E-state index contributed by atoms with van der Waals surface area (Å²) in [6.45, 7) is 7.27. The summed E-state index contributed by atoms with van der Waals surface area (Å²) in [5.74, 6) is -13.4. The lowest BCUT2D eigenvalue weighted by Gasteiger charge is -2.52. The highest BCUT2D eigenvalue weighted by Gasteiger charge is 2.69. The van der Waals surface area contributed by atoms with Crippen molar-refractivity contribution in [3.05, 3.63) is 28.3 Å². The molecule has 0 saturated heterocycles. The van der Waals surface area contributed by atoms with Gasteiger partial charge in [0.05, 0.1) is 23.1 Å². The molecule has 42 heavy (non-hydrogen) atoms. The Hall–Kier alpha value is -3.16. The van der Waals surface area contributed by atoms with Gasteiger partial charge in [0.2, 0.25) is 5.91 Å². The Bertz CT molecular complexity index is 1380. The van der Waals surface area contributed by atoms with Crippen molar-refractivity contribution in [2.75, 3.05) is 14.1 Å². The maximum absolute atomic E-state index is 14.6. The first kappa shape index (κ1) is 31.8. The number of benzene rings is 1. The molecular weight excluding hydrogens is 559 g/mol. The minimum absolute atomic E-state index is 0.218. The molecule has 0 aromatic heterocycles. The number of phenols is 1. The zero-order valence-corrected chi connectivity index (χ0v) is 24.3. The van der Waals surface area contributed by atoms with Gasteiger partial charge in [-0.25, -0.2) is 0 Å². The van der Waals surface area contributed by atoms with E-state index in [4.69, 9.17) is 5.73 Å². The molecule has 1 amide bonds. The van der Waals surface area contributed by atoms with E-state index >= 15 is 0 Å². The number of ketones is 4. The number of hydrogen-bond acceptors (Lipinski definition) is 9. The average molecular weight is 596 g/mol. The minimum atomic E-state index is -4.93. The number of carbonyl (C=O) groups is 5. The molecule has 2 unspecified atom stereocenters. The molecule has 3 aliphatic rings. The molecule has 5 N–H and O–H groups in total. The second kappa shape index (κ2) is 10.2. The number of aromatic hydroxyl groups is 1. The first-order valence-corrected chi connectivity index (χ1v) is 13.7. The minimum Gasteiger partial charge on any atom is -0.507 e. The van der Waals surface area contributed by atoms with Crippen LogP contribution in [0.15, 0.2) is 6.07 Å². The van der Waals surface area contributed by atoms with Crippen molar-refractivity contribution in [1.82, 2.24) is 10.2 Å². The second-order valence-corrected chi connectivity index (χ2v) is 13.0. The molecule has 0 heterocycles. The number of Topliss-reactive ketones (excluding diaryl/α,β-unsaturated/α-hetero) is 4. The summed E-state index contributed by atoms with van der Waals surface area (Å²) in [4.78, 5) is 67.4. The Morgan fingerprint density at radius 1 is 1.17 bits per heavy atom. The summed E-state index contributed by atoms with van der Waals surface area (Å²) < 4.78 is 43.8. The molecule has 10 nitrogen and oxygen atoms in total. The molecule has 0 radical (unpaired) electrons. The van der Waals surface area contributed by atoms with Gasteiger partial charge in [-0.15, -0.1) is 0 Å². The van der Waals surface area contributed by atoms with E-state index in [2.05, 4.69) is 5.32 Å². The van der Waals surface area contributed by atoms with Crippen LogP contribution < -0.4 is 11.1 Å². The van der Waals surface area contributed by atoms with E-state index < -0.39 is 99.4 Å². The summed E-state index contributed by atoms with van der Waals surface area (Å²) >= 11 is 0. The number of aliphatic hydroxyl groups is 1. The molecule has 13 heteroatoms. The van der Waals surface area contributed by atoms with Gasteiger partial charge in [-0.05, 0) is 62.4 Å². The molecule has 0 aliphatic heterocycles. The van der Waals surface area contributed by atoms with Gasteiger partial charge in [-0.1, -0.05) is 20.8 Å². The predicted molar refractivity (Wildman–Crippen MR) is 142 cm³/mol. The zero-order valence-electron chi connectivity index (χ0n) is 24.3. The van der Waals surface area contributed by atoms with Crippen LogP contribution in [0.1, 0.15) is 61.2 Å². The summed E-state index contributed by atoms with van der Waals surface area (Å²) in [7, 11) is 2.85. The van der Waals surface area contributed by atoms with Crippen LogP contribution in [0.3, 0.4) is 0 Å². The van der Waals surface area contributed by atoms with Gasteiger partial charge in [-0.2, -0.15) is 13.2 Å². The van der Waals surface area contributed by atoms with E-state index in [-0.39, 0.29) is 30.0 Å². The highest BCUT2D eigenvalue weighted by molar-refractivity contribution is 6.32. The zero-order chi connectivity index (χ0) is 31.9. The number of likely N-dealkylation sites (N-methyl/N-ethyl adjacent to an activating group) is 1. The number of nitrogens with one attached hydrogen (secondary N) is 1. The van der Waals surface area contributed by atoms with E-state index in [0.29, 0.717) is 0 Å². The first-order chi connectivity index (χ1) is 19.1. The van der Waals surface area contributed by atoms with Crippen molar-refractivity contribution in [2.45, 2.75) is 70.9 Å². The highest BCUT2D eigenvalue weighted by atomic mass is 19.4. The number of nitrogens with two attached hydrogens (primary N) is 1. The van der Waals surface area contributed by atoms with Gasteiger partial charge in [0.1, 0.15) is 5.75 Å². The Labute approximate surface area is 240 Å². The van der Waals surface area contributed by atoms with E-state index in [1.54, 1.807) is 0 Å². The number of alkyl halides is 3. The van der Waals surface area contributed by atoms with Crippen molar-refractivity contribution in [2.24, 2.45) is 34.8 Å². The van der Waals surface area contributed by atoms with E-state index in [9.17, 15) is 47.4 Å². The maximum Gasteiger partial charge on any atom is 0.417 e. The SMILES string of the molecule is C[C@@H](NCc1cc(O)c2c(c1C(F)(F)F)C[C@H]1C[C@H]3[C@H](N(C)C)C(=O)C(C(N)=O)C(=O)[C@@]3(O)C(=O)C1C2=O)C(C)(C)C. The van der Waals surface area contributed by atoms with Crippen LogP contribution in [0.2, 0.25) is 0 Å². The molecule has 1 aromatic rings. The van der Waals surface area contributed by atoms with Crippen LogP contribution in [0.25, 0.3) is 0 Å². The number of rotatable bonds is 5. The maximum atomic E-state index is 14.6. The van der Waals surface area contributed by atoms with E-state index in [1.165, 1.54) is 19.0 Å². The third-order valence-electron chi connectivity index (χ3n) is 9.33. The van der Waals surface area contributed by atoms with Crippen molar-refractivity contribution in [3.8, 4) is 5.75 Å². The van der Waals surface area contributed by atoms with Crippen LogP contribution >= 0.6 is 0 Å². The number of nitrogens with zero attached hydrogens (tertiary/aromatic N) is 1. The molecule has 230 valence electrons. The fraction of sp³-hybridized carbons (Fsp3) is 0.621. The van der Waals surface area contributed by atoms with Gasteiger partial charge in [0.15, 0.2) is 34.7 Å². The van der Waals surface area contributed by atoms with Crippen molar-refractivity contribution < 1.29 is 47.4 Å². The lowest BCUT2D eigenvalue weighted by molar-refractivity contribution is -0.181. The van der Waals surface area contributed by atoms with E-state index in [1.807, 2.05) is 27.7 Å². The number of primary amides is 1. The quantitative estimate of drug-likeness (QED) is 0.368. The summed E-state index contributed by atoms with van der Waals surface area (Å²) in [6, 6.07) is -0.718. The second-order valence-electron chi connectivity index (χ2n) is 13.0. The van der Waals surface area contributed by atoms with Gasteiger partial charge >= 0.3 is 6.18 Å². The van der Waals surface area contributed by atoms with Crippen LogP contribution in [0, 0.1) is 29.1 Å². The Morgan fingerprint density at radius 2 is 1.76 bits per heavy atom. The van der Waals surface area contributed by atoms with Gasteiger partial charge in [0.25, 0.3) is 0 Å². The number of phenolic OH excluding ortho intramolecular Hbond substituents is 1. The van der Waals surface area contributed by atoms with Crippen LogP contribution in [-0.4, -0.2) is 75.9 Å². The fourth-order valence-electron chi connectivity index (χ4n) is 6.81. The number of halogens is 3. The lowest BCUT2D eigenvalue weighted by atomic mass is 9.52. The molecule has 2 fully saturated rings. The topological polar surface area (TPSA) is 167 Å². The lowest BCUT2D eigenvalue weighted by Crippen LogP contribution is -2.74. The number of fused-ring (bicyclic) bond motifs is 3. The normalized spacial score (nSPS) is 30.6. The predicted octanol–water partition coefficient (Wildman–Crippen LogP) is 1.41. The van der Waals surface area contributed by atoms with Crippen molar-refractivity contribution in [1.29, 1.82) is 0 Å². The molecule has 3 aliphatic carbocycles. The Kier molecular flexibility index (Phi) is 7.74. The molecule has 0 spiro atoms. The number of carbonyl (C=O) groups excluding carboxylic acids is 5. The standard InChI is InChI=1S/C29H36F3N3O7/c1-11(27(2,3)4)34-10-13-9-16(36)18-14(20(13)29(30,31)32)7-12-8-15-21(35(5)6)23(38)19(26(33)41)25(40)28(15,42)24(39)17(12)22(18)37/h9,11-12,15,17,19,21,34,36,42H,7-8,10H2,1-6H3,(H2,33,41)/t11-,12+,15+,17?,19?,21+,28+/m1/s1. The van der Waals surface area contributed by atoms with Crippen LogP contribution in [-0.2, 0) is 38.3 Å². The fourth-order valence-corrected chi connectivity index (χ4v) is 6.81. The largest absolute Gasteiger partial charge is 0.507 e. The van der Waals surface area contributed by atoms with E-state index in [0.717, 1.165) is 6.07 Å². The Morgan fingerprint density at radius 3 is 2.26 bits per heavy atom. The third-order valence-corrected chi connectivity index (χ3v) is 9.33. The Balaban J connectivity index is 1.86. The highest BCUT2D eigenvalue weighted by Crippen LogP contribution is 2.52. The molecule has 1 aromatic carbocycles. The average Bonchev–Trinajstić information content (AvgIpc) is 2.82. The summed E-state index contributed by atoms with van der Waals surface area (Å²) in [6.07, 6.45) is -5.74. The number of amides is 1. The molecule has 7 atom stereocenters. The molecular formula is C29H36F3N3O7. The first-order valence-electron chi connectivity index (χ1n) is 13.7. The van der Waals surface area contributed by atoms with Gasteiger partial charge < -0.3 is 21.3 Å². The van der Waals surface area contributed by atoms with Gasteiger partial charge in [-0.3, -0.25) is 28.9 Å². The molecule has 0 bridgehead atoms. The monoisotopic (exact) mass is 595 g/mol. The summed E-state index contributed by atoms with van der Waals surface area (Å²) in [5, 5.41) is 25.5. The number of hydrogen-bond donors (Lipinski definition) is 4. The summed E-state index contributed by atoms with van der Waals surface area (Å²) in [5.41, 5.74) is -0.504.